The highest BCUT2D eigenvalue weighted by molar-refractivity contribution is 6.02. The van der Waals surface area contributed by atoms with Crippen molar-refractivity contribution in [2.75, 3.05) is 0 Å². The number of unbranched alkanes of at least 4 members (excludes halogenated alkanes) is 1. The topological polar surface area (TPSA) is 23.1 Å². The molecule has 0 amide bonds. The molecule has 0 aromatic heterocycles. The minimum atomic E-state index is 0.903. The summed E-state index contributed by atoms with van der Waals surface area (Å²) < 4.78 is 7.72. The van der Waals surface area contributed by atoms with Crippen molar-refractivity contribution in [1.29, 1.82) is 0 Å². The smallest absolute Gasteiger partial charge is 0.0471 e. The molecule has 0 saturated carbocycles. The Hall–Kier alpha value is 0.250. The van der Waals surface area contributed by atoms with E-state index in [1.807, 2.05) is 0 Å². The van der Waals surface area contributed by atoms with E-state index in [1.54, 1.807) is 0 Å². The van der Waals surface area contributed by atoms with Gasteiger partial charge in [0.2, 0.25) is 0 Å². The molecule has 0 unspecified atom stereocenters. The molecule has 0 spiro atoms. The van der Waals surface area contributed by atoms with E-state index in [4.69, 9.17) is 4.66 Å². The number of rotatable bonds is 3. The Morgan fingerprint density at radius 2 is 1.78 bits per heavy atom. The molecule has 0 N–H and O–H groups in total. The van der Waals surface area contributed by atoms with Gasteiger partial charge in [-0.2, -0.15) is 0 Å². The molecule has 0 rings (SSSR count). The van der Waals surface area contributed by atoms with Crippen LogP contribution in [0.25, 0.3) is 0 Å². The van der Waals surface area contributed by atoms with Crippen molar-refractivity contribution in [2.45, 2.75) is 40.0 Å². The van der Waals surface area contributed by atoms with Crippen molar-refractivity contribution < 1.29 is 4.66 Å². The first-order valence-corrected chi connectivity index (χ1v) is 3.73. The van der Waals surface area contributed by atoms with Crippen molar-refractivity contribution in [2.24, 2.45) is 5.92 Å². The first-order chi connectivity index (χ1) is 4.27. The quantitative estimate of drug-likeness (QED) is 0.607. The van der Waals surface area contributed by atoms with E-state index >= 15 is 0 Å². The maximum Gasteiger partial charge on any atom is -0.0471 e. The van der Waals surface area contributed by atoms with Gasteiger partial charge in [-0.1, -0.05) is 40.0 Å². The molecule has 2 heteroatoms. The maximum atomic E-state index is 7.72. The van der Waals surface area contributed by atoms with Crippen LogP contribution in [0.15, 0.2) is 0 Å². The summed E-state index contributed by atoms with van der Waals surface area (Å²) in [5.74, 6) is 0.903. The first kappa shape index (κ1) is 12.0. The van der Waals surface area contributed by atoms with E-state index in [1.165, 1.54) is 19.3 Å². The second kappa shape index (κ2) is 11.1. The van der Waals surface area contributed by atoms with E-state index in [2.05, 4.69) is 32.6 Å². The fraction of sp³-hybridized carbons (Fsp3) is 1.00. The molecule has 0 aliphatic heterocycles. The molecular weight excluding hydrogens is 136 g/mol. The van der Waals surface area contributed by atoms with Gasteiger partial charge in [-0.05, 0) is 5.92 Å². The van der Waals surface area contributed by atoms with E-state index < -0.39 is 0 Å². The second-order valence-corrected chi connectivity index (χ2v) is 2.54. The van der Waals surface area contributed by atoms with Gasteiger partial charge in [-0.15, -0.1) is 0 Å². The Morgan fingerprint density at radius 1 is 1.33 bits per heavy atom. The minimum Gasteiger partial charge on any atom is -0.769 e. The Bertz CT molecular complexity index is 37.9. The molecule has 58 valence electrons. The molecule has 0 heterocycles. The van der Waals surface area contributed by atoms with E-state index in [9.17, 15) is 0 Å². The molecule has 0 aromatic carbocycles. The highest BCUT2D eigenvalue weighted by Gasteiger charge is 1.88. The van der Waals surface area contributed by atoms with Crippen molar-refractivity contribution in [3.8, 4) is 0 Å². The van der Waals surface area contributed by atoms with Crippen LogP contribution >= 0.6 is 11.9 Å². The minimum absolute atomic E-state index is 0.903. The van der Waals surface area contributed by atoms with Crippen LogP contribution in [0.4, 0.5) is 0 Å². The maximum absolute atomic E-state index is 7.72. The standard InChI is InChI=1S/C7H16.ClO/c1-4-5-6-7(2)3;1-2/h7H,4-6H2,1-3H3;/q;-1. The Kier molecular flexibility index (Phi) is 14.8. The first-order valence-electron chi connectivity index (χ1n) is 3.42. The van der Waals surface area contributed by atoms with Crippen LogP contribution in [0.3, 0.4) is 0 Å². The molecule has 0 aromatic rings. The lowest BCUT2D eigenvalue weighted by atomic mass is 10.1. The Labute approximate surface area is 63.2 Å². The molecule has 0 aliphatic carbocycles. The van der Waals surface area contributed by atoms with Gasteiger partial charge in [0.15, 0.2) is 0 Å². The van der Waals surface area contributed by atoms with E-state index in [-0.39, 0.29) is 0 Å². The van der Waals surface area contributed by atoms with Crippen LogP contribution in [-0.4, -0.2) is 0 Å². The summed E-state index contributed by atoms with van der Waals surface area (Å²) in [7, 11) is 0. The predicted molar refractivity (Wildman–Crippen MR) is 40.2 cm³/mol. The van der Waals surface area contributed by atoms with Gasteiger partial charge in [0.25, 0.3) is 0 Å². The van der Waals surface area contributed by atoms with Gasteiger partial charge in [-0.3, -0.25) is 0 Å². The van der Waals surface area contributed by atoms with Crippen LogP contribution < -0.4 is 4.66 Å². The third kappa shape index (κ3) is 17.8. The third-order valence-corrected chi connectivity index (χ3v) is 1.14. The van der Waals surface area contributed by atoms with Crippen molar-refractivity contribution in [3.63, 3.8) is 0 Å². The Balaban J connectivity index is 0. The van der Waals surface area contributed by atoms with Gasteiger partial charge in [-0.25, -0.2) is 11.9 Å². The van der Waals surface area contributed by atoms with Crippen molar-refractivity contribution >= 4 is 11.9 Å². The lowest BCUT2D eigenvalue weighted by molar-refractivity contribution is -0.166. The average molecular weight is 152 g/mol. The summed E-state index contributed by atoms with van der Waals surface area (Å²) in [4.78, 5) is 0. The molecule has 0 fully saturated rings. The van der Waals surface area contributed by atoms with Crippen LogP contribution in [0.2, 0.25) is 0 Å². The van der Waals surface area contributed by atoms with Gasteiger partial charge in [0.1, 0.15) is 0 Å². The molecule has 0 saturated heterocycles. The summed E-state index contributed by atoms with van der Waals surface area (Å²) in [5.41, 5.74) is 0. The van der Waals surface area contributed by atoms with E-state index in [0.717, 1.165) is 5.92 Å². The van der Waals surface area contributed by atoms with Crippen LogP contribution in [-0.2, 0) is 0 Å². The lowest BCUT2D eigenvalue weighted by Gasteiger charge is -1.98. The highest BCUT2D eigenvalue weighted by atomic mass is 35.5. The SMILES string of the molecule is CCCCC(C)C.[O-]Cl. The highest BCUT2D eigenvalue weighted by Crippen LogP contribution is 2.04. The fourth-order valence-corrected chi connectivity index (χ4v) is 0.612. The lowest BCUT2D eigenvalue weighted by Crippen LogP contribution is -1.83. The molecule has 0 atom stereocenters. The number of hydrogen-bond donors (Lipinski definition) is 0. The average Bonchev–Trinajstić information content (AvgIpc) is 1.88. The molecular formula is C7H16ClO-. The van der Waals surface area contributed by atoms with Gasteiger partial charge in [0.05, 0.1) is 0 Å². The summed E-state index contributed by atoms with van der Waals surface area (Å²) in [6.45, 7) is 6.79. The fourth-order valence-electron chi connectivity index (χ4n) is 0.612. The molecule has 0 aliphatic rings. The van der Waals surface area contributed by atoms with Crippen LogP contribution in [0.5, 0.6) is 0 Å². The number of halogens is 1. The summed E-state index contributed by atoms with van der Waals surface area (Å²) >= 11 is 3.39. The monoisotopic (exact) mass is 151 g/mol. The predicted octanol–water partition coefficient (Wildman–Crippen LogP) is 2.33. The zero-order valence-electron chi connectivity index (χ0n) is 6.48. The number of hydrogen-bond acceptors (Lipinski definition) is 1. The molecule has 0 radical (unpaired) electrons. The largest absolute Gasteiger partial charge is 0.769 e. The van der Waals surface area contributed by atoms with E-state index in [0.29, 0.717) is 0 Å². The molecule has 1 nitrogen and oxygen atoms in total. The van der Waals surface area contributed by atoms with Gasteiger partial charge >= 0.3 is 0 Å². The van der Waals surface area contributed by atoms with Crippen LogP contribution in [0, 0.1) is 5.92 Å². The van der Waals surface area contributed by atoms with Gasteiger partial charge < -0.3 is 4.66 Å². The summed E-state index contributed by atoms with van der Waals surface area (Å²) in [6, 6.07) is 0. The summed E-state index contributed by atoms with van der Waals surface area (Å²) in [5, 5.41) is 0. The summed E-state index contributed by atoms with van der Waals surface area (Å²) in [6.07, 6.45) is 4.15. The van der Waals surface area contributed by atoms with Gasteiger partial charge in [0, 0.05) is 0 Å². The molecule has 9 heavy (non-hydrogen) atoms. The second-order valence-electron chi connectivity index (χ2n) is 2.54. The van der Waals surface area contributed by atoms with Crippen molar-refractivity contribution in [1.82, 2.24) is 0 Å². The zero-order chi connectivity index (χ0) is 7.70. The van der Waals surface area contributed by atoms with Crippen molar-refractivity contribution in [3.05, 3.63) is 0 Å². The normalized spacial score (nSPS) is 8.67. The molecule has 0 bridgehead atoms. The van der Waals surface area contributed by atoms with Crippen LogP contribution in [0.1, 0.15) is 40.0 Å². The third-order valence-electron chi connectivity index (χ3n) is 1.14. The zero-order valence-corrected chi connectivity index (χ0v) is 7.24. The Morgan fingerprint density at radius 3 is 1.89 bits per heavy atom.